The SMILES string of the molecule is CC(O)(c1cc(F)c(C(=O)c2ccc(Cl)cc2)c(C(=O)O)c1)C1CCOCC1.O=C(O)c1cc(Br)cc(F)c1C(=O)c1ccc(Cl)cc1.O=C(O)c1cc(C(=O)C2CCOCC2)cc(F)c1C(=O)c1ccc(Cl)cc1.O=C(O)c1cc(C(O)C2CCOCC2)cc(F)c1C(=O)c1ccc(Cl)cc1. The molecule has 2 atom stereocenters. The van der Waals surface area contributed by atoms with E-state index in [-0.39, 0.29) is 67.0 Å². The number of aromatic carboxylic acids is 4. The molecule has 18 nitrogen and oxygen atoms in total. The number of aliphatic hydroxyl groups excluding tert-OH is 1. The van der Waals surface area contributed by atoms with Crippen molar-refractivity contribution in [1.82, 2.24) is 0 Å². The molecule has 0 aromatic heterocycles. The van der Waals surface area contributed by atoms with E-state index in [4.69, 9.17) is 65.7 Å². The number of benzene rings is 8. The Morgan fingerprint density at radius 2 is 0.735 bits per heavy atom. The van der Waals surface area contributed by atoms with E-state index in [9.17, 15) is 86.2 Å². The fourth-order valence-corrected chi connectivity index (χ4v) is 12.5. The van der Waals surface area contributed by atoms with Crippen LogP contribution >= 0.6 is 62.3 Å². The van der Waals surface area contributed by atoms with Crippen LogP contribution in [0, 0.1) is 41.0 Å². The summed E-state index contributed by atoms with van der Waals surface area (Å²) in [6, 6.07) is 31.7. The number of hydrogen-bond donors (Lipinski definition) is 6. The zero-order valence-corrected chi connectivity index (χ0v) is 58.2. The topological polar surface area (TPSA) is 303 Å². The van der Waals surface area contributed by atoms with Crippen LogP contribution in [0.4, 0.5) is 17.6 Å². The average Bonchev–Trinajstić information content (AvgIpc) is 0.796. The Kier molecular flexibility index (Phi) is 27.3. The predicted octanol–water partition coefficient (Wildman–Crippen LogP) is 16.1. The number of carbonyl (C=O) groups excluding carboxylic acids is 5. The highest BCUT2D eigenvalue weighted by Gasteiger charge is 2.38. The van der Waals surface area contributed by atoms with Gasteiger partial charge in [-0.2, -0.15) is 0 Å². The highest BCUT2D eigenvalue weighted by molar-refractivity contribution is 9.10. The lowest BCUT2D eigenvalue weighted by atomic mass is 9.77. The number of Topliss-reactive ketones (excluding diaryl/α,β-unsaturated/α-hetero) is 1. The summed E-state index contributed by atoms with van der Waals surface area (Å²) in [5, 5.41) is 60.8. The van der Waals surface area contributed by atoms with Gasteiger partial charge in [0.05, 0.1) is 56.2 Å². The highest BCUT2D eigenvalue weighted by atomic mass is 79.9. The number of hydrogen-bond acceptors (Lipinski definition) is 14. The van der Waals surface area contributed by atoms with Gasteiger partial charge in [-0.1, -0.05) is 62.3 Å². The summed E-state index contributed by atoms with van der Waals surface area (Å²) in [6.07, 6.45) is 2.29. The fourth-order valence-electron chi connectivity index (χ4n) is 11.6. The molecule has 3 saturated heterocycles. The van der Waals surface area contributed by atoms with Crippen molar-refractivity contribution in [1.29, 1.82) is 0 Å². The van der Waals surface area contributed by atoms with E-state index in [1.807, 2.05) is 0 Å². The van der Waals surface area contributed by atoms with E-state index in [1.165, 1.54) is 122 Å². The molecule has 102 heavy (non-hydrogen) atoms. The predicted molar refractivity (Wildman–Crippen MR) is 370 cm³/mol. The maximum absolute atomic E-state index is 14.9. The quantitative estimate of drug-likeness (QED) is 0.0343. The molecule has 0 saturated carbocycles. The van der Waals surface area contributed by atoms with Crippen molar-refractivity contribution in [3.05, 3.63) is 277 Å². The molecule has 0 radical (unpaired) electrons. The summed E-state index contributed by atoms with van der Waals surface area (Å²) in [7, 11) is 0. The van der Waals surface area contributed by atoms with Gasteiger partial charge < -0.3 is 44.8 Å². The Morgan fingerprint density at radius 1 is 0.422 bits per heavy atom. The summed E-state index contributed by atoms with van der Waals surface area (Å²) in [5.74, 6) is -13.7. The third kappa shape index (κ3) is 19.5. The average molecular weight is 1550 g/mol. The maximum Gasteiger partial charge on any atom is 0.336 e. The maximum atomic E-state index is 14.9. The molecule has 0 aliphatic carbocycles. The number of carbonyl (C=O) groups is 9. The number of ether oxygens (including phenoxy) is 3. The van der Waals surface area contributed by atoms with E-state index >= 15 is 0 Å². The van der Waals surface area contributed by atoms with Gasteiger partial charge in [0, 0.05) is 97.9 Å². The number of rotatable bonds is 18. The minimum absolute atomic E-state index is 0.0514. The zero-order chi connectivity index (χ0) is 74.4. The van der Waals surface area contributed by atoms with Gasteiger partial charge >= 0.3 is 23.9 Å². The molecule has 532 valence electrons. The monoisotopic (exact) mass is 1540 g/mol. The van der Waals surface area contributed by atoms with Crippen molar-refractivity contribution in [2.24, 2.45) is 17.8 Å². The molecule has 0 amide bonds. The first-order valence-electron chi connectivity index (χ1n) is 31.2. The van der Waals surface area contributed by atoms with E-state index in [1.54, 1.807) is 0 Å². The molecule has 3 heterocycles. The lowest BCUT2D eigenvalue weighted by Crippen LogP contribution is -2.36. The van der Waals surface area contributed by atoms with Gasteiger partial charge in [0.25, 0.3) is 0 Å². The lowest BCUT2D eigenvalue weighted by Gasteiger charge is -2.36. The second-order valence-electron chi connectivity index (χ2n) is 23.7. The fraction of sp³-hybridized carbons (Fsp3) is 0.240. The standard InChI is InChI=1S/C21H20ClFO5.C20H18ClFO5.C20H16ClFO5.C14H7BrClFO3/c1-21(27,13-6-8-28-9-7-13)14-10-16(20(25)26)18(17(23)11-14)19(24)12-2-4-15(22)5-3-12;2*21-14-3-1-11(2-4-14)19(24)17-15(20(25)26)9-13(10-16(17)22)18(23)12-5-7-27-8-6-12;15-8-5-10(14(19)20)12(11(17)6-8)13(18)7-1-3-9(16)4-2-7/h2-5,10-11,13,27H,6-9H2,1H3,(H,25,26);1-4,9-10,12,18,23H,5-8H2,(H,25,26);1-4,9-10,12H,5-8H2,(H,25,26);1-6H,(H,19,20). The van der Waals surface area contributed by atoms with Gasteiger partial charge in [-0.25, -0.2) is 36.7 Å². The van der Waals surface area contributed by atoms with Crippen molar-refractivity contribution in [2.75, 3.05) is 39.6 Å². The normalized spacial score (nSPS) is 14.9. The van der Waals surface area contributed by atoms with Crippen LogP contribution in [-0.2, 0) is 19.8 Å². The van der Waals surface area contributed by atoms with E-state index in [0.29, 0.717) is 98.3 Å². The number of ketones is 5. The Morgan fingerprint density at radius 3 is 1.12 bits per heavy atom. The molecule has 3 aliphatic rings. The number of carboxylic acids is 4. The van der Waals surface area contributed by atoms with Gasteiger partial charge in [0.2, 0.25) is 0 Å². The molecule has 6 N–H and O–H groups in total. The summed E-state index contributed by atoms with van der Waals surface area (Å²) >= 11 is 26.1. The second-order valence-corrected chi connectivity index (χ2v) is 26.4. The Labute approximate surface area is 608 Å². The van der Waals surface area contributed by atoms with Crippen LogP contribution in [0.25, 0.3) is 0 Å². The van der Waals surface area contributed by atoms with Crippen LogP contribution in [0.1, 0.15) is 178 Å². The van der Waals surface area contributed by atoms with Crippen LogP contribution in [-0.4, -0.2) is 123 Å². The van der Waals surface area contributed by atoms with Crippen molar-refractivity contribution in [2.45, 2.75) is 57.2 Å². The molecule has 3 fully saturated rings. The molecule has 0 bridgehead atoms. The second kappa shape index (κ2) is 35.4. The van der Waals surface area contributed by atoms with Gasteiger partial charge in [-0.15, -0.1) is 0 Å². The minimum atomic E-state index is -1.48. The summed E-state index contributed by atoms with van der Waals surface area (Å²) in [6.45, 7) is 4.32. The zero-order valence-electron chi connectivity index (χ0n) is 53.6. The number of halogens is 9. The number of aliphatic hydroxyl groups is 2. The van der Waals surface area contributed by atoms with Crippen molar-refractivity contribution in [3.63, 3.8) is 0 Å². The van der Waals surface area contributed by atoms with Gasteiger partial charge in [-0.3, -0.25) is 24.0 Å². The summed E-state index contributed by atoms with van der Waals surface area (Å²) in [5.41, 5.74) is -4.73. The molecule has 8 aromatic rings. The van der Waals surface area contributed by atoms with E-state index in [2.05, 4.69) is 15.9 Å². The third-order valence-corrected chi connectivity index (χ3v) is 18.6. The van der Waals surface area contributed by atoms with Gasteiger partial charge in [0.15, 0.2) is 28.9 Å². The number of carboxylic acid groups (broad SMARTS) is 4. The Balaban J connectivity index is 0.000000174. The molecule has 3 aliphatic heterocycles. The smallest absolute Gasteiger partial charge is 0.336 e. The van der Waals surface area contributed by atoms with Crippen molar-refractivity contribution >= 4 is 115 Å². The summed E-state index contributed by atoms with van der Waals surface area (Å²) in [4.78, 5) is 109. The largest absolute Gasteiger partial charge is 0.478 e. The first-order chi connectivity index (χ1) is 48.4. The Bertz CT molecular complexity index is 4500. The van der Waals surface area contributed by atoms with E-state index in [0.717, 1.165) is 30.3 Å². The minimum Gasteiger partial charge on any atom is -0.478 e. The highest BCUT2D eigenvalue weighted by Crippen LogP contribution is 2.39. The molecular formula is C75H61BrCl4F4O18. The molecule has 0 spiro atoms. The molecule has 11 rings (SSSR count). The van der Waals surface area contributed by atoms with Crippen molar-refractivity contribution in [3.8, 4) is 0 Å². The molecular weight excluding hydrogens is 1490 g/mol. The van der Waals surface area contributed by atoms with Crippen molar-refractivity contribution < 1.29 is 106 Å². The van der Waals surface area contributed by atoms with Crippen LogP contribution in [0.2, 0.25) is 20.1 Å². The van der Waals surface area contributed by atoms with Crippen LogP contribution in [0.3, 0.4) is 0 Å². The first kappa shape index (κ1) is 78.9. The first-order valence-corrected chi connectivity index (χ1v) is 33.5. The molecule has 8 aromatic carbocycles. The third-order valence-electron chi connectivity index (χ3n) is 17.1. The van der Waals surface area contributed by atoms with Gasteiger partial charge in [0.1, 0.15) is 23.3 Å². The van der Waals surface area contributed by atoms with Crippen LogP contribution in [0.15, 0.2) is 150 Å². The molecule has 27 heteroatoms. The lowest BCUT2D eigenvalue weighted by molar-refractivity contribution is -0.0581. The Hall–Kier alpha value is -8.85. The van der Waals surface area contributed by atoms with Gasteiger partial charge in [-0.05, 0) is 214 Å². The molecule has 2 unspecified atom stereocenters. The van der Waals surface area contributed by atoms with Crippen LogP contribution < -0.4 is 0 Å². The van der Waals surface area contributed by atoms with E-state index < -0.39 is 126 Å². The van der Waals surface area contributed by atoms with Crippen LogP contribution in [0.5, 0.6) is 0 Å². The summed E-state index contributed by atoms with van der Waals surface area (Å²) < 4.78 is 74.4.